The van der Waals surface area contributed by atoms with Crippen LogP contribution in [0.25, 0.3) is 10.9 Å². The fourth-order valence-electron chi connectivity index (χ4n) is 3.96. The normalized spacial score (nSPS) is 15.2. The third-order valence-electron chi connectivity index (χ3n) is 5.88. The maximum absolute atomic E-state index is 5.50. The molecule has 0 atom stereocenters. The highest BCUT2D eigenvalue weighted by molar-refractivity contribution is 7.80. The summed E-state index contributed by atoms with van der Waals surface area (Å²) in [5.41, 5.74) is 2.90. The van der Waals surface area contributed by atoms with Crippen LogP contribution in [0, 0.1) is 6.92 Å². The molecule has 0 spiro atoms. The van der Waals surface area contributed by atoms with E-state index in [0.29, 0.717) is 5.11 Å². The highest BCUT2D eigenvalue weighted by Gasteiger charge is 2.14. The molecule has 31 heavy (non-hydrogen) atoms. The average Bonchev–Trinajstić information content (AvgIpc) is 2.77. The minimum Gasteiger partial charge on any atom is -0.362 e. The highest BCUT2D eigenvalue weighted by Crippen LogP contribution is 2.22. The van der Waals surface area contributed by atoms with Crippen molar-refractivity contribution in [2.24, 2.45) is 0 Å². The van der Waals surface area contributed by atoms with E-state index in [1.54, 1.807) is 0 Å². The monoisotopic (exact) mass is 443 g/mol. The van der Waals surface area contributed by atoms with Crippen molar-refractivity contribution in [3.05, 3.63) is 23.9 Å². The number of likely N-dealkylation sites (N-methyl/N-ethyl adjacent to an activating group) is 1. The maximum Gasteiger partial charge on any atom is 0.225 e. The molecule has 1 aromatic carbocycles. The first-order chi connectivity index (χ1) is 15.0. The van der Waals surface area contributed by atoms with Crippen LogP contribution in [0.1, 0.15) is 32.4 Å². The van der Waals surface area contributed by atoms with Gasteiger partial charge in [-0.2, -0.15) is 0 Å². The number of fused-ring (bicyclic) bond motifs is 1. The van der Waals surface area contributed by atoms with E-state index >= 15 is 0 Å². The van der Waals surface area contributed by atoms with Gasteiger partial charge in [0.05, 0.1) is 11.2 Å². The minimum absolute atomic E-state index is 0.660. The van der Waals surface area contributed by atoms with E-state index in [2.05, 4.69) is 50.2 Å². The zero-order valence-corrected chi connectivity index (χ0v) is 20.3. The van der Waals surface area contributed by atoms with Gasteiger partial charge in [0.15, 0.2) is 5.11 Å². The van der Waals surface area contributed by atoms with E-state index in [4.69, 9.17) is 17.2 Å². The third kappa shape index (κ3) is 6.72. The van der Waals surface area contributed by atoms with Crippen LogP contribution < -0.4 is 15.5 Å². The number of aromatic nitrogens is 2. The van der Waals surface area contributed by atoms with Crippen LogP contribution in [0.3, 0.4) is 0 Å². The second kappa shape index (κ2) is 11.5. The fourth-order valence-corrected chi connectivity index (χ4v) is 4.18. The highest BCUT2D eigenvalue weighted by atomic mass is 32.1. The third-order valence-corrected chi connectivity index (χ3v) is 6.13. The van der Waals surface area contributed by atoms with Gasteiger partial charge < -0.3 is 25.3 Å². The Morgan fingerprint density at radius 2 is 1.87 bits per heavy atom. The lowest BCUT2D eigenvalue weighted by Crippen LogP contribution is -2.46. The summed E-state index contributed by atoms with van der Waals surface area (Å²) in [6.45, 7) is 15.2. The van der Waals surface area contributed by atoms with Gasteiger partial charge in [0.25, 0.3) is 0 Å². The van der Waals surface area contributed by atoms with E-state index in [1.165, 1.54) is 26.2 Å². The van der Waals surface area contributed by atoms with Crippen LogP contribution >= 0.6 is 12.2 Å². The average molecular weight is 444 g/mol. The number of aryl methyl sites for hydroxylation is 1. The summed E-state index contributed by atoms with van der Waals surface area (Å²) >= 11 is 5.50. The molecular formula is C23H37N7S. The summed E-state index contributed by atoms with van der Waals surface area (Å²) < 4.78 is 0. The molecule has 2 heterocycles. The van der Waals surface area contributed by atoms with E-state index in [0.717, 1.165) is 67.3 Å². The number of hydrogen-bond donors (Lipinski definition) is 2. The summed E-state index contributed by atoms with van der Waals surface area (Å²) in [7, 11) is 2.04. The van der Waals surface area contributed by atoms with Crippen LogP contribution in [0.5, 0.6) is 0 Å². The molecule has 0 radical (unpaired) electrons. The van der Waals surface area contributed by atoms with Gasteiger partial charge >= 0.3 is 0 Å². The first-order valence-corrected chi connectivity index (χ1v) is 11.9. The van der Waals surface area contributed by atoms with Crippen LogP contribution in [0.4, 0.5) is 11.6 Å². The molecule has 2 N–H and O–H groups in total. The molecule has 0 aliphatic carbocycles. The quantitative estimate of drug-likeness (QED) is 0.453. The molecule has 0 bridgehead atoms. The number of anilines is 2. The van der Waals surface area contributed by atoms with Gasteiger partial charge in [-0.1, -0.05) is 13.8 Å². The molecule has 0 amide bonds. The van der Waals surface area contributed by atoms with Crippen molar-refractivity contribution in [1.29, 1.82) is 0 Å². The predicted octanol–water partition coefficient (Wildman–Crippen LogP) is 3.10. The molecule has 7 nitrogen and oxygen atoms in total. The molecule has 2 aromatic rings. The lowest BCUT2D eigenvalue weighted by molar-refractivity contribution is 0.136. The number of nitrogens with zero attached hydrogens (tertiary/aromatic N) is 5. The molecule has 3 rings (SSSR count). The molecule has 1 aliphatic rings. The minimum atomic E-state index is 0.660. The summed E-state index contributed by atoms with van der Waals surface area (Å²) in [6, 6.07) is 6.14. The maximum atomic E-state index is 5.50. The Hall–Kier alpha value is -2.03. The number of hydrogen-bond acceptors (Lipinski definition) is 6. The van der Waals surface area contributed by atoms with Crippen LogP contribution in [-0.4, -0.2) is 84.3 Å². The standard InChI is InChI=1S/C23H37N7S/c1-5-11-28(4)22-25-18(3)20-17-19(8-9-21(20)27-22)26-23(31)24-10-7-12-30-15-13-29(6-2)14-16-30/h8-9,17H,5-7,10-16H2,1-4H3,(H2,24,26,31). The van der Waals surface area contributed by atoms with Gasteiger partial charge in [-0.15, -0.1) is 0 Å². The Morgan fingerprint density at radius 3 is 2.58 bits per heavy atom. The van der Waals surface area contributed by atoms with E-state index < -0.39 is 0 Å². The van der Waals surface area contributed by atoms with E-state index in [9.17, 15) is 0 Å². The second-order valence-electron chi connectivity index (χ2n) is 8.27. The first kappa shape index (κ1) is 23.6. The Kier molecular flexibility index (Phi) is 8.80. The number of benzene rings is 1. The summed E-state index contributed by atoms with van der Waals surface area (Å²) in [6.07, 6.45) is 2.16. The number of piperazine rings is 1. The second-order valence-corrected chi connectivity index (χ2v) is 8.68. The van der Waals surface area contributed by atoms with Crippen molar-refractivity contribution < 1.29 is 0 Å². The summed E-state index contributed by atoms with van der Waals surface area (Å²) in [4.78, 5) is 16.6. The Balaban J connectivity index is 1.48. The molecule has 1 aromatic heterocycles. The fraction of sp³-hybridized carbons (Fsp3) is 0.609. The number of thiocarbonyl (C=S) groups is 1. The van der Waals surface area contributed by atoms with E-state index in [-0.39, 0.29) is 0 Å². The number of nitrogens with one attached hydrogen (secondary N) is 2. The van der Waals surface area contributed by atoms with Gasteiger partial charge in [0, 0.05) is 57.4 Å². The van der Waals surface area contributed by atoms with Gasteiger partial charge in [0.1, 0.15) is 0 Å². The van der Waals surface area contributed by atoms with Crippen molar-refractivity contribution in [3.63, 3.8) is 0 Å². The predicted molar refractivity (Wildman–Crippen MR) is 135 cm³/mol. The van der Waals surface area contributed by atoms with Gasteiger partial charge in [0.2, 0.25) is 5.95 Å². The summed E-state index contributed by atoms with van der Waals surface area (Å²) in [5, 5.41) is 8.35. The van der Waals surface area contributed by atoms with Crippen LogP contribution in [0.15, 0.2) is 18.2 Å². The molecule has 1 fully saturated rings. The molecule has 0 saturated carbocycles. The van der Waals surface area contributed by atoms with Crippen molar-refractivity contribution in [1.82, 2.24) is 25.1 Å². The smallest absolute Gasteiger partial charge is 0.225 e. The van der Waals surface area contributed by atoms with E-state index in [1.807, 2.05) is 26.1 Å². The molecule has 170 valence electrons. The SMILES string of the molecule is CCCN(C)c1nc(C)c2cc(NC(=S)NCCCN3CCN(CC)CC3)ccc2n1. The molecular weight excluding hydrogens is 406 g/mol. The van der Waals surface area contributed by atoms with Crippen LogP contribution in [-0.2, 0) is 0 Å². The van der Waals surface area contributed by atoms with Gasteiger partial charge in [-0.25, -0.2) is 9.97 Å². The van der Waals surface area contributed by atoms with Crippen molar-refractivity contribution in [2.75, 3.05) is 69.6 Å². The Morgan fingerprint density at radius 1 is 1.13 bits per heavy atom. The summed E-state index contributed by atoms with van der Waals surface area (Å²) in [5.74, 6) is 0.779. The Labute approximate surface area is 192 Å². The van der Waals surface area contributed by atoms with Crippen molar-refractivity contribution >= 4 is 39.9 Å². The van der Waals surface area contributed by atoms with Gasteiger partial charge in [-0.3, -0.25) is 0 Å². The van der Waals surface area contributed by atoms with Gasteiger partial charge in [-0.05, 0) is 63.3 Å². The molecule has 1 saturated heterocycles. The molecule has 1 aliphatic heterocycles. The lowest BCUT2D eigenvalue weighted by atomic mass is 10.2. The Bertz CT molecular complexity index is 864. The topological polar surface area (TPSA) is 59.6 Å². The first-order valence-electron chi connectivity index (χ1n) is 11.5. The largest absolute Gasteiger partial charge is 0.362 e. The number of rotatable bonds is 9. The molecule has 0 unspecified atom stereocenters. The lowest BCUT2D eigenvalue weighted by Gasteiger charge is -2.34. The zero-order valence-electron chi connectivity index (χ0n) is 19.4. The van der Waals surface area contributed by atoms with Crippen molar-refractivity contribution in [2.45, 2.75) is 33.6 Å². The zero-order chi connectivity index (χ0) is 22.2. The molecule has 8 heteroatoms. The van der Waals surface area contributed by atoms with Crippen LogP contribution in [0.2, 0.25) is 0 Å². The van der Waals surface area contributed by atoms with Crippen molar-refractivity contribution in [3.8, 4) is 0 Å².